The summed E-state index contributed by atoms with van der Waals surface area (Å²) < 4.78 is 52.2. The van der Waals surface area contributed by atoms with Gasteiger partial charge in [0.05, 0.1) is 28.6 Å². The van der Waals surface area contributed by atoms with Gasteiger partial charge in [0.1, 0.15) is 47.3 Å². The fourth-order valence-electron chi connectivity index (χ4n) is 6.77. The van der Waals surface area contributed by atoms with Crippen LogP contribution in [0.25, 0.3) is 31.8 Å². The fourth-order valence-corrected chi connectivity index (χ4v) is 8.43. The Labute approximate surface area is 356 Å². The molecule has 4 bridgehead atoms. The molecule has 8 rings (SSSR count). The summed E-state index contributed by atoms with van der Waals surface area (Å²) in [6.07, 6.45) is 1.15. The summed E-state index contributed by atoms with van der Waals surface area (Å²) in [4.78, 5) is 24.9. The number of thiophene rings is 1. The van der Waals surface area contributed by atoms with Crippen LogP contribution in [-0.4, -0.2) is 53.6 Å². The topological polar surface area (TPSA) is 98.2 Å². The van der Waals surface area contributed by atoms with Gasteiger partial charge in [0.25, 0.3) is 0 Å². The van der Waals surface area contributed by atoms with E-state index in [2.05, 4.69) is 16.5 Å². The van der Waals surface area contributed by atoms with E-state index >= 15 is 0 Å². The number of aromatic nitrogens is 2. The highest BCUT2D eigenvalue weighted by molar-refractivity contribution is 7.22. The molecule has 0 amide bonds. The number of ether oxygens (including phenoxy) is 6. The maximum absolute atomic E-state index is 14.3. The maximum atomic E-state index is 14.3. The van der Waals surface area contributed by atoms with E-state index in [9.17, 15) is 9.18 Å². The summed E-state index contributed by atoms with van der Waals surface area (Å²) >= 11 is 15.8. The van der Waals surface area contributed by atoms with Crippen molar-refractivity contribution in [3.63, 3.8) is 0 Å². The van der Waals surface area contributed by atoms with Gasteiger partial charge in [-0.05, 0) is 92.8 Å². The summed E-state index contributed by atoms with van der Waals surface area (Å²) in [5.41, 5.74) is 4.06. The molecule has 4 heterocycles. The molecule has 6 aromatic rings. The molecule has 2 aliphatic rings. The van der Waals surface area contributed by atoms with E-state index in [0.717, 1.165) is 10.4 Å². The van der Waals surface area contributed by atoms with Crippen LogP contribution in [0.1, 0.15) is 43.0 Å². The predicted molar refractivity (Wildman–Crippen MR) is 230 cm³/mol. The van der Waals surface area contributed by atoms with Gasteiger partial charge in [0, 0.05) is 22.4 Å². The van der Waals surface area contributed by atoms with Crippen LogP contribution in [0.2, 0.25) is 10.0 Å². The minimum Gasteiger partial charge on any atom is -0.490 e. The zero-order valence-corrected chi connectivity index (χ0v) is 35.6. The fraction of sp³-hybridized carbons (Fsp3) is 0.283. The number of hydrogen-bond donors (Lipinski definition) is 0. The van der Waals surface area contributed by atoms with Gasteiger partial charge >= 0.3 is 5.97 Å². The minimum atomic E-state index is -1.22. The smallest absolute Gasteiger partial charge is 0.348 e. The maximum Gasteiger partial charge on any atom is 0.348 e. The highest BCUT2D eigenvalue weighted by Gasteiger charge is 2.33. The van der Waals surface area contributed by atoms with Crippen LogP contribution in [0.4, 0.5) is 4.39 Å². The Balaban J connectivity index is 1.46. The van der Waals surface area contributed by atoms with Crippen molar-refractivity contribution in [1.29, 1.82) is 0 Å². The van der Waals surface area contributed by atoms with Crippen LogP contribution in [0.5, 0.6) is 23.1 Å². The molecule has 9 nitrogen and oxygen atoms in total. The molecule has 0 saturated carbocycles. The third-order valence-corrected chi connectivity index (χ3v) is 11.5. The van der Waals surface area contributed by atoms with Crippen molar-refractivity contribution < 1.29 is 37.6 Å². The monoisotopic (exact) mass is 856 g/mol. The van der Waals surface area contributed by atoms with Crippen molar-refractivity contribution in [2.75, 3.05) is 19.8 Å². The van der Waals surface area contributed by atoms with Crippen LogP contribution < -0.4 is 18.9 Å². The molecule has 0 radical (unpaired) electrons. The first kappa shape index (κ1) is 41.9. The highest BCUT2D eigenvalue weighted by Crippen LogP contribution is 2.53. The zero-order chi connectivity index (χ0) is 41.8. The second-order valence-corrected chi connectivity index (χ2v) is 16.8. The van der Waals surface area contributed by atoms with Crippen molar-refractivity contribution >= 4 is 50.7 Å². The van der Waals surface area contributed by atoms with E-state index in [1.54, 1.807) is 51.1 Å². The molecule has 59 heavy (non-hydrogen) atoms. The molecule has 0 saturated heterocycles. The third-order valence-electron chi connectivity index (χ3n) is 9.47. The molecule has 0 N–H and O–H groups in total. The molecule has 2 aliphatic heterocycles. The first-order valence-electron chi connectivity index (χ1n) is 19.0. The summed E-state index contributed by atoms with van der Waals surface area (Å²) in [7, 11) is 0. The van der Waals surface area contributed by atoms with Crippen molar-refractivity contribution in [1.82, 2.24) is 9.97 Å². The Morgan fingerprint density at radius 2 is 1.71 bits per heavy atom. The Morgan fingerprint density at radius 1 is 0.983 bits per heavy atom. The minimum absolute atomic E-state index is 0.0123. The molecule has 0 fully saturated rings. The van der Waals surface area contributed by atoms with Crippen LogP contribution in [-0.2, 0) is 27.3 Å². The quantitative estimate of drug-likeness (QED) is 0.0799. The number of hydrogen-bond acceptors (Lipinski definition) is 10. The van der Waals surface area contributed by atoms with Gasteiger partial charge in [-0.1, -0.05) is 71.7 Å². The van der Waals surface area contributed by atoms with Gasteiger partial charge in [0.2, 0.25) is 12.0 Å². The molecule has 0 unspecified atom stereocenters. The molecule has 13 heteroatoms. The lowest BCUT2D eigenvalue weighted by molar-refractivity contribution is -0.163. The van der Waals surface area contributed by atoms with Gasteiger partial charge in [-0.25, -0.2) is 19.2 Å². The zero-order valence-electron chi connectivity index (χ0n) is 33.3. The van der Waals surface area contributed by atoms with Crippen molar-refractivity contribution in [2.24, 2.45) is 0 Å². The number of halogens is 3. The molecule has 2 aromatic heterocycles. The number of rotatable bonds is 9. The normalized spacial score (nSPS) is 15.5. The molecule has 306 valence electrons. The SMILES string of the molecule is C=CCOC[C@@H]1COc2ccc(OCc3ccccc3)c(c2)C[C@H](C(=O)OC(C)(C)C)Oc2ncnc3sc(-c4ccc(F)cc4)c(c23)-c2c(C)c(Cl)c(c(Cl)c2C)O1. The van der Waals surface area contributed by atoms with Gasteiger partial charge < -0.3 is 28.4 Å². The van der Waals surface area contributed by atoms with E-state index < -0.39 is 23.8 Å². The standard InChI is InChI=1S/C46H43Cl2FN2O7S/c1-7-19-53-23-33-24-54-32-17-18-34(55-22-28-11-9-8-10-12-28)30(20-32)21-35(45(52)58-46(4,5)6)57-43-38-37(36-26(2)39(47)41(56-33)40(48)27(36)3)42(59-44(38)51-25-50-43)29-13-15-31(49)16-14-29/h7-18,20,25,33,35H,1,19,21-24H2,2-6H3/t33-,35-/m1/s1. The molecular weight excluding hydrogens is 814 g/mol. The molecule has 4 aromatic carbocycles. The van der Waals surface area contributed by atoms with E-state index in [0.29, 0.717) is 55.1 Å². The van der Waals surface area contributed by atoms with Crippen molar-refractivity contribution in [2.45, 2.75) is 65.5 Å². The highest BCUT2D eigenvalue weighted by atomic mass is 35.5. The number of fused-ring (bicyclic) bond motifs is 7. The average Bonchev–Trinajstić information content (AvgIpc) is 3.59. The number of esters is 1. The summed E-state index contributed by atoms with van der Waals surface area (Å²) in [6, 6.07) is 21.3. The lowest BCUT2D eigenvalue weighted by Gasteiger charge is -2.25. The lowest BCUT2D eigenvalue weighted by atomic mass is 9.92. The number of carbonyl (C=O) groups excluding carboxylic acids is 1. The van der Waals surface area contributed by atoms with E-state index in [1.807, 2.05) is 50.2 Å². The van der Waals surface area contributed by atoms with E-state index in [4.69, 9.17) is 51.6 Å². The van der Waals surface area contributed by atoms with E-state index in [1.165, 1.54) is 29.8 Å². The molecular formula is C46H43Cl2FN2O7S. The Morgan fingerprint density at radius 3 is 2.41 bits per heavy atom. The van der Waals surface area contributed by atoms with Crippen LogP contribution in [0.3, 0.4) is 0 Å². The first-order valence-corrected chi connectivity index (χ1v) is 20.6. The Kier molecular flexibility index (Phi) is 12.8. The van der Waals surface area contributed by atoms with Crippen LogP contribution >= 0.6 is 34.5 Å². The summed E-state index contributed by atoms with van der Waals surface area (Å²) in [5.74, 6) is 0.379. The summed E-state index contributed by atoms with van der Waals surface area (Å²) in [6.45, 7) is 13.6. The largest absolute Gasteiger partial charge is 0.490 e. The average molecular weight is 858 g/mol. The number of nitrogens with zero attached hydrogens (tertiary/aromatic N) is 2. The summed E-state index contributed by atoms with van der Waals surface area (Å²) in [5, 5.41) is 1.05. The second-order valence-electron chi connectivity index (χ2n) is 15.0. The first-order chi connectivity index (χ1) is 28.3. The Hall–Kier alpha value is -5.20. The second kappa shape index (κ2) is 18.0. The van der Waals surface area contributed by atoms with Gasteiger partial charge in [-0.3, -0.25) is 0 Å². The van der Waals surface area contributed by atoms with Gasteiger partial charge in [0.15, 0.2) is 11.9 Å². The molecule has 2 atom stereocenters. The molecule has 0 aliphatic carbocycles. The lowest BCUT2D eigenvalue weighted by Crippen LogP contribution is -2.37. The van der Waals surface area contributed by atoms with E-state index in [-0.39, 0.29) is 60.3 Å². The van der Waals surface area contributed by atoms with Gasteiger partial charge in [-0.15, -0.1) is 17.9 Å². The third kappa shape index (κ3) is 9.49. The van der Waals surface area contributed by atoms with Gasteiger partial charge in [-0.2, -0.15) is 0 Å². The van der Waals surface area contributed by atoms with Crippen LogP contribution in [0, 0.1) is 19.7 Å². The number of carbonyl (C=O) groups is 1. The Bertz CT molecular complexity index is 2460. The van der Waals surface area contributed by atoms with Crippen molar-refractivity contribution in [3.05, 3.63) is 130 Å². The predicted octanol–water partition coefficient (Wildman–Crippen LogP) is 11.3. The van der Waals surface area contributed by atoms with Crippen LogP contribution in [0.15, 0.2) is 91.8 Å². The number of benzene rings is 4. The van der Waals surface area contributed by atoms with Crippen molar-refractivity contribution in [3.8, 4) is 44.7 Å². The molecule has 0 spiro atoms.